The van der Waals surface area contributed by atoms with E-state index in [4.69, 9.17) is 0 Å². The first-order valence-corrected chi connectivity index (χ1v) is 10.1. The number of ketones is 1. The SMILES string of the molecule is CCC/C=C(/C(=O)[C@H](O)CC(C)C)[Si](C)(C)C. The third-order valence-electron chi connectivity index (χ3n) is 2.71. The van der Waals surface area contributed by atoms with Crippen LogP contribution >= 0.6 is 0 Å². The number of allylic oxidation sites excluding steroid dienone is 1. The molecule has 0 spiro atoms. The Labute approximate surface area is 107 Å². The van der Waals surface area contributed by atoms with Gasteiger partial charge in [-0.3, -0.25) is 4.79 Å². The molecule has 0 aliphatic carbocycles. The van der Waals surface area contributed by atoms with E-state index < -0.39 is 14.2 Å². The van der Waals surface area contributed by atoms with Crippen molar-refractivity contribution in [2.75, 3.05) is 0 Å². The molecule has 0 bridgehead atoms. The third kappa shape index (κ3) is 6.17. The molecular formula is C14H28O2Si. The van der Waals surface area contributed by atoms with Crippen LogP contribution in [0.15, 0.2) is 11.3 Å². The minimum Gasteiger partial charge on any atom is -0.385 e. The summed E-state index contributed by atoms with van der Waals surface area (Å²) in [4.78, 5) is 12.2. The van der Waals surface area contributed by atoms with Gasteiger partial charge in [0.25, 0.3) is 0 Å². The van der Waals surface area contributed by atoms with Crippen molar-refractivity contribution < 1.29 is 9.90 Å². The second-order valence-corrected chi connectivity index (χ2v) is 11.2. The Morgan fingerprint density at radius 2 is 1.82 bits per heavy atom. The van der Waals surface area contributed by atoms with Crippen molar-refractivity contribution >= 4 is 13.9 Å². The quantitative estimate of drug-likeness (QED) is 0.558. The van der Waals surface area contributed by atoms with Crippen LogP contribution in [0.4, 0.5) is 0 Å². The fourth-order valence-corrected chi connectivity index (χ4v) is 3.46. The number of unbranched alkanes of at least 4 members (excludes halogenated alkanes) is 1. The predicted molar refractivity (Wildman–Crippen MR) is 76.8 cm³/mol. The van der Waals surface area contributed by atoms with Gasteiger partial charge in [0.05, 0.1) is 8.07 Å². The molecule has 0 aliphatic rings. The number of aliphatic hydroxyl groups is 1. The largest absolute Gasteiger partial charge is 0.385 e. The Kier molecular flexibility index (Phi) is 6.94. The third-order valence-corrected chi connectivity index (χ3v) is 4.77. The van der Waals surface area contributed by atoms with Gasteiger partial charge in [-0.1, -0.05) is 52.9 Å². The van der Waals surface area contributed by atoms with Crippen LogP contribution in [-0.4, -0.2) is 25.1 Å². The molecule has 0 heterocycles. The van der Waals surface area contributed by atoms with Gasteiger partial charge in [0, 0.05) is 0 Å². The Hall–Kier alpha value is -0.413. The van der Waals surface area contributed by atoms with Gasteiger partial charge in [-0.25, -0.2) is 0 Å². The molecular weight excluding hydrogens is 228 g/mol. The maximum absolute atomic E-state index is 12.2. The molecule has 17 heavy (non-hydrogen) atoms. The highest BCUT2D eigenvalue weighted by atomic mass is 28.3. The van der Waals surface area contributed by atoms with Gasteiger partial charge in [0.2, 0.25) is 0 Å². The number of carbonyl (C=O) groups is 1. The zero-order valence-electron chi connectivity index (χ0n) is 12.2. The number of carbonyl (C=O) groups excluding carboxylic acids is 1. The van der Waals surface area contributed by atoms with Gasteiger partial charge >= 0.3 is 0 Å². The summed E-state index contributed by atoms with van der Waals surface area (Å²) < 4.78 is 0. The first kappa shape index (κ1) is 16.6. The highest BCUT2D eigenvalue weighted by molar-refractivity contribution is 6.87. The summed E-state index contributed by atoms with van der Waals surface area (Å²) in [6.45, 7) is 12.6. The van der Waals surface area contributed by atoms with E-state index in [0.29, 0.717) is 12.3 Å². The van der Waals surface area contributed by atoms with Crippen LogP contribution < -0.4 is 0 Å². The van der Waals surface area contributed by atoms with Gasteiger partial charge in [-0.2, -0.15) is 0 Å². The molecule has 1 N–H and O–H groups in total. The van der Waals surface area contributed by atoms with Gasteiger partial charge in [0.15, 0.2) is 5.78 Å². The topological polar surface area (TPSA) is 37.3 Å². The van der Waals surface area contributed by atoms with E-state index in [0.717, 1.165) is 18.0 Å². The molecule has 0 aromatic heterocycles. The van der Waals surface area contributed by atoms with Crippen molar-refractivity contribution in [3.05, 3.63) is 11.3 Å². The first-order chi connectivity index (χ1) is 7.70. The molecule has 0 saturated carbocycles. The van der Waals surface area contributed by atoms with Crippen molar-refractivity contribution in [1.82, 2.24) is 0 Å². The molecule has 0 radical (unpaired) electrons. The molecule has 2 nitrogen and oxygen atoms in total. The number of hydrogen-bond donors (Lipinski definition) is 1. The van der Waals surface area contributed by atoms with Crippen molar-refractivity contribution in [1.29, 1.82) is 0 Å². The van der Waals surface area contributed by atoms with Crippen LogP contribution in [0.3, 0.4) is 0 Å². The van der Waals surface area contributed by atoms with Gasteiger partial charge in [-0.15, -0.1) is 0 Å². The number of Topliss-reactive ketones (excluding diaryl/α,β-unsaturated/α-hetero) is 1. The Bertz CT molecular complexity index is 274. The maximum Gasteiger partial charge on any atom is 0.183 e. The Balaban J connectivity index is 4.88. The highest BCUT2D eigenvalue weighted by Gasteiger charge is 2.29. The average molecular weight is 256 g/mol. The van der Waals surface area contributed by atoms with Crippen LogP contribution in [-0.2, 0) is 4.79 Å². The van der Waals surface area contributed by atoms with Gasteiger partial charge < -0.3 is 5.11 Å². The standard InChI is InChI=1S/C14H28O2Si/c1-7-8-9-13(17(4,5)6)14(16)12(15)10-11(2)3/h9,11-12,15H,7-8,10H2,1-6H3/b13-9-/t12-/m1/s1. The predicted octanol–water partition coefficient (Wildman–Crippen LogP) is 3.57. The van der Waals surface area contributed by atoms with Crippen molar-refractivity contribution in [2.45, 2.75) is 65.8 Å². The molecule has 1 atom stereocenters. The zero-order chi connectivity index (χ0) is 13.6. The molecule has 0 aromatic carbocycles. The molecule has 0 fully saturated rings. The molecule has 0 saturated heterocycles. The summed E-state index contributed by atoms with van der Waals surface area (Å²) >= 11 is 0. The van der Waals surface area contributed by atoms with E-state index in [1.54, 1.807) is 0 Å². The van der Waals surface area contributed by atoms with Crippen molar-refractivity contribution in [3.63, 3.8) is 0 Å². The Morgan fingerprint density at radius 3 is 2.18 bits per heavy atom. The Morgan fingerprint density at radius 1 is 1.29 bits per heavy atom. The number of hydrogen-bond acceptors (Lipinski definition) is 2. The lowest BCUT2D eigenvalue weighted by Crippen LogP contribution is -2.36. The lowest BCUT2D eigenvalue weighted by molar-refractivity contribution is -0.123. The van der Waals surface area contributed by atoms with Gasteiger partial charge in [0.1, 0.15) is 6.10 Å². The second kappa shape index (κ2) is 7.12. The summed E-state index contributed by atoms with van der Waals surface area (Å²) in [6.07, 6.45) is 3.77. The normalized spacial score (nSPS) is 15.2. The van der Waals surface area contributed by atoms with Crippen molar-refractivity contribution in [3.8, 4) is 0 Å². The lowest BCUT2D eigenvalue weighted by Gasteiger charge is -2.23. The molecule has 0 rings (SSSR count). The van der Waals surface area contributed by atoms with E-state index in [1.807, 2.05) is 13.8 Å². The molecule has 0 aromatic rings. The molecule has 0 amide bonds. The van der Waals surface area contributed by atoms with Crippen LogP contribution in [0.5, 0.6) is 0 Å². The van der Waals surface area contributed by atoms with Crippen LogP contribution in [0.25, 0.3) is 0 Å². The zero-order valence-corrected chi connectivity index (χ0v) is 13.2. The van der Waals surface area contributed by atoms with Crippen LogP contribution in [0.2, 0.25) is 19.6 Å². The number of aliphatic hydroxyl groups excluding tert-OH is 1. The fourth-order valence-electron chi connectivity index (χ4n) is 1.80. The molecule has 0 aliphatic heterocycles. The van der Waals surface area contributed by atoms with Crippen molar-refractivity contribution in [2.24, 2.45) is 5.92 Å². The smallest absolute Gasteiger partial charge is 0.183 e. The summed E-state index contributed by atoms with van der Waals surface area (Å²) in [5, 5.41) is 10.9. The monoisotopic (exact) mass is 256 g/mol. The molecule has 100 valence electrons. The first-order valence-electron chi connectivity index (χ1n) is 6.63. The van der Waals surface area contributed by atoms with E-state index in [1.165, 1.54) is 0 Å². The minimum atomic E-state index is -1.65. The summed E-state index contributed by atoms with van der Waals surface area (Å²) in [7, 11) is -1.65. The summed E-state index contributed by atoms with van der Waals surface area (Å²) in [5.74, 6) is 0.314. The molecule has 3 heteroatoms. The van der Waals surface area contributed by atoms with E-state index >= 15 is 0 Å². The van der Waals surface area contributed by atoms with E-state index in [9.17, 15) is 9.90 Å². The summed E-state index contributed by atoms with van der Waals surface area (Å²) in [6, 6.07) is 0. The van der Waals surface area contributed by atoms with Gasteiger partial charge in [-0.05, 0) is 24.0 Å². The van der Waals surface area contributed by atoms with E-state index in [-0.39, 0.29) is 5.78 Å². The molecule has 0 unspecified atom stereocenters. The second-order valence-electron chi connectivity index (χ2n) is 6.17. The fraction of sp³-hybridized carbons (Fsp3) is 0.786. The average Bonchev–Trinajstić information content (AvgIpc) is 2.14. The lowest BCUT2D eigenvalue weighted by atomic mass is 10.0. The summed E-state index contributed by atoms with van der Waals surface area (Å²) in [5.41, 5.74) is 0. The maximum atomic E-state index is 12.2. The highest BCUT2D eigenvalue weighted by Crippen LogP contribution is 2.20. The van der Waals surface area contributed by atoms with E-state index in [2.05, 4.69) is 32.6 Å². The number of rotatable bonds is 7. The van der Waals surface area contributed by atoms with Crippen LogP contribution in [0.1, 0.15) is 40.0 Å². The minimum absolute atomic E-state index is 0.0358. The van der Waals surface area contributed by atoms with Crippen LogP contribution in [0, 0.1) is 5.92 Å².